The van der Waals surface area contributed by atoms with E-state index < -0.39 is 11.6 Å². The smallest absolute Gasteiger partial charge is 0.242 e. The van der Waals surface area contributed by atoms with Crippen molar-refractivity contribution in [3.05, 3.63) is 41.6 Å². The van der Waals surface area contributed by atoms with Crippen LogP contribution in [0, 0.1) is 18.6 Å². The second kappa shape index (κ2) is 7.72. The van der Waals surface area contributed by atoms with E-state index in [0.29, 0.717) is 18.7 Å². The fourth-order valence-corrected chi connectivity index (χ4v) is 3.22. The summed E-state index contributed by atoms with van der Waals surface area (Å²) in [6.07, 6.45) is 2.76. The Balaban J connectivity index is 1.46. The molecule has 26 heavy (non-hydrogen) atoms. The number of anilines is 1. The van der Waals surface area contributed by atoms with Crippen molar-refractivity contribution < 1.29 is 18.3 Å². The molecule has 1 fully saturated rings. The topological polar surface area (TPSA) is 82.2 Å². The van der Waals surface area contributed by atoms with Crippen LogP contribution in [0.4, 0.5) is 14.6 Å². The Morgan fingerprint density at radius 3 is 2.46 bits per heavy atom. The zero-order chi connectivity index (χ0) is 18.7. The minimum absolute atomic E-state index is 0.0458. The molecule has 0 bridgehead atoms. The number of aryl methyl sites for hydroxylation is 1. The maximum atomic E-state index is 13.2. The second-order valence-electron chi connectivity index (χ2n) is 6.63. The molecule has 0 radical (unpaired) electrons. The van der Waals surface area contributed by atoms with E-state index in [9.17, 15) is 13.6 Å². The highest BCUT2D eigenvalue weighted by Crippen LogP contribution is 2.25. The van der Waals surface area contributed by atoms with Gasteiger partial charge in [-0.25, -0.2) is 13.5 Å². The summed E-state index contributed by atoms with van der Waals surface area (Å²) in [7, 11) is 0. The van der Waals surface area contributed by atoms with Crippen molar-refractivity contribution in [2.75, 3.05) is 5.73 Å². The molecular weight excluding hydrogens is 342 g/mol. The van der Waals surface area contributed by atoms with Gasteiger partial charge in [-0.05, 0) is 32.6 Å². The molecule has 0 saturated heterocycles. The number of carbonyl (C=O) groups excluding carboxylic acids is 1. The molecule has 0 spiro atoms. The maximum absolute atomic E-state index is 13.2. The van der Waals surface area contributed by atoms with Crippen LogP contribution in [0.25, 0.3) is 0 Å². The molecule has 0 unspecified atom stereocenters. The summed E-state index contributed by atoms with van der Waals surface area (Å²) >= 11 is 0. The van der Waals surface area contributed by atoms with Crippen molar-refractivity contribution in [3.63, 3.8) is 0 Å². The van der Waals surface area contributed by atoms with E-state index in [4.69, 9.17) is 10.5 Å². The SMILES string of the molecule is Cc1cc(N)n(CC(=O)NC2CCC(Oc3cc(F)cc(F)c3)CC2)n1. The fourth-order valence-electron chi connectivity index (χ4n) is 3.22. The standard InChI is InChI=1S/C18H22F2N4O2/c1-11-6-17(21)24(23-11)10-18(25)22-14-2-4-15(5-3-14)26-16-8-12(19)7-13(20)9-16/h6-9,14-15H,2-5,10,21H2,1H3,(H,22,25). The van der Waals surface area contributed by atoms with Crippen molar-refractivity contribution in [3.8, 4) is 5.75 Å². The quantitative estimate of drug-likeness (QED) is 0.854. The maximum Gasteiger partial charge on any atom is 0.242 e. The van der Waals surface area contributed by atoms with Crippen molar-refractivity contribution >= 4 is 11.7 Å². The number of halogens is 2. The molecule has 3 N–H and O–H groups in total. The van der Waals surface area contributed by atoms with E-state index in [1.54, 1.807) is 6.07 Å². The third-order valence-electron chi connectivity index (χ3n) is 4.40. The molecule has 140 valence electrons. The summed E-state index contributed by atoms with van der Waals surface area (Å²) in [6, 6.07) is 4.92. The van der Waals surface area contributed by atoms with Gasteiger partial charge in [0.25, 0.3) is 0 Å². The van der Waals surface area contributed by atoms with Gasteiger partial charge in [0, 0.05) is 30.3 Å². The Kier molecular flexibility index (Phi) is 5.39. The lowest BCUT2D eigenvalue weighted by Gasteiger charge is -2.29. The van der Waals surface area contributed by atoms with E-state index in [1.807, 2.05) is 6.92 Å². The van der Waals surface area contributed by atoms with Gasteiger partial charge < -0.3 is 15.8 Å². The predicted molar refractivity (Wildman–Crippen MR) is 92.5 cm³/mol. The number of aromatic nitrogens is 2. The number of amides is 1. The highest BCUT2D eigenvalue weighted by atomic mass is 19.1. The van der Waals surface area contributed by atoms with Gasteiger partial charge in [-0.3, -0.25) is 4.79 Å². The van der Waals surface area contributed by atoms with Crippen LogP contribution in [0.15, 0.2) is 24.3 Å². The van der Waals surface area contributed by atoms with Crippen LogP contribution in [-0.2, 0) is 11.3 Å². The number of hydrogen-bond donors (Lipinski definition) is 2. The number of rotatable bonds is 5. The van der Waals surface area contributed by atoms with Gasteiger partial charge in [-0.2, -0.15) is 5.10 Å². The monoisotopic (exact) mass is 364 g/mol. The number of nitrogens with zero attached hydrogens (tertiary/aromatic N) is 2. The molecule has 6 nitrogen and oxygen atoms in total. The lowest BCUT2D eigenvalue weighted by molar-refractivity contribution is -0.122. The van der Waals surface area contributed by atoms with E-state index >= 15 is 0 Å². The van der Waals surface area contributed by atoms with E-state index in [0.717, 1.165) is 24.6 Å². The van der Waals surface area contributed by atoms with Crippen LogP contribution < -0.4 is 15.8 Å². The number of hydrogen-bond acceptors (Lipinski definition) is 4. The highest BCUT2D eigenvalue weighted by Gasteiger charge is 2.24. The Hall–Kier alpha value is -2.64. The van der Waals surface area contributed by atoms with E-state index in [-0.39, 0.29) is 30.3 Å². The molecule has 1 aliphatic rings. The molecule has 1 saturated carbocycles. The van der Waals surface area contributed by atoms with Crippen molar-refractivity contribution in [2.45, 2.75) is 51.3 Å². The Morgan fingerprint density at radius 1 is 1.23 bits per heavy atom. The number of nitrogen functional groups attached to an aromatic ring is 1. The molecule has 1 aromatic carbocycles. The molecule has 1 aromatic heterocycles. The first-order valence-corrected chi connectivity index (χ1v) is 8.61. The third kappa shape index (κ3) is 4.71. The van der Waals surface area contributed by atoms with Crippen LogP contribution in [0.5, 0.6) is 5.75 Å². The molecule has 1 amide bonds. The lowest BCUT2D eigenvalue weighted by atomic mass is 9.93. The largest absolute Gasteiger partial charge is 0.490 e. The third-order valence-corrected chi connectivity index (χ3v) is 4.40. The number of nitrogens with two attached hydrogens (primary N) is 1. The molecule has 8 heteroatoms. The normalized spacial score (nSPS) is 20.0. The molecule has 2 aromatic rings. The summed E-state index contributed by atoms with van der Waals surface area (Å²) < 4.78 is 33.6. The van der Waals surface area contributed by atoms with E-state index in [1.165, 1.54) is 16.8 Å². The van der Waals surface area contributed by atoms with Crippen LogP contribution >= 0.6 is 0 Å². The van der Waals surface area contributed by atoms with Crippen LogP contribution in [0.3, 0.4) is 0 Å². The first-order valence-electron chi connectivity index (χ1n) is 8.61. The Bertz CT molecular complexity index is 765. The van der Waals surface area contributed by atoms with Gasteiger partial charge in [-0.15, -0.1) is 0 Å². The summed E-state index contributed by atoms with van der Waals surface area (Å²) in [5.41, 5.74) is 6.55. The van der Waals surface area contributed by atoms with Crippen molar-refractivity contribution in [1.29, 1.82) is 0 Å². The Labute approximate surface area is 150 Å². The first-order chi connectivity index (χ1) is 12.4. The highest BCUT2D eigenvalue weighted by molar-refractivity contribution is 5.76. The molecule has 3 rings (SSSR count). The number of carbonyl (C=O) groups is 1. The number of ether oxygens (including phenoxy) is 1. The average molecular weight is 364 g/mol. The summed E-state index contributed by atoms with van der Waals surface area (Å²) in [5.74, 6) is -0.809. The molecule has 1 aliphatic carbocycles. The zero-order valence-corrected chi connectivity index (χ0v) is 14.5. The second-order valence-corrected chi connectivity index (χ2v) is 6.63. The predicted octanol–water partition coefficient (Wildman–Crippen LogP) is 2.56. The van der Waals surface area contributed by atoms with Crippen LogP contribution in [-0.4, -0.2) is 27.8 Å². The van der Waals surface area contributed by atoms with E-state index in [2.05, 4.69) is 10.4 Å². The zero-order valence-electron chi connectivity index (χ0n) is 14.5. The van der Waals surface area contributed by atoms with Crippen molar-refractivity contribution in [1.82, 2.24) is 15.1 Å². The van der Waals surface area contributed by atoms with Crippen LogP contribution in [0.2, 0.25) is 0 Å². The van der Waals surface area contributed by atoms with Crippen LogP contribution in [0.1, 0.15) is 31.4 Å². The summed E-state index contributed by atoms with van der Waals surface area (Å²) in [4.78, 5) is 12.1. The number of nitrogens with one attached hydrogen (secondary N) is 1. The van der Waals surface area contributed by atoms with Gasteiger partial charge >= 0.3 is 0 Å². The number of benzene rings is 1. The van der Waals surface area contributed by atoms with Gasteiger partial charge in [0.2, 0.25) is 5.91 Å². The minimum atomic E-state index is -0.658. The fraction of sp³-hybridized carbons (Fsp3) is 0.444. The van der Waals surface area contributed by atoms with Crippen molar-refractivity contribution in [2.24, 2.45) is 0 Å². The average Bonchev–Trinajstić information content (AvgIpc) is 2.85. The molecule has 0 atom stereocenters. The minimum Gasteiger partial charge on any atom is -0.490 e. The molecular formula is C18H22F2N4O2. The molecule has 1 heterocycles. The lowest BCUT2D eigenvalue weighted by Crippen LogP contribution is -2.41. The summed E-state index contributed by atoms with van der Waals surface area (Å²) in [5, 5.41) is 7.14. The van der Waals surface area contributed by atoms with Gasteiger partial charge in [0.15, 0.2) is 0 Å². The molecule has 0 aliphatic heterocycles. The van der Waals surface area contributed by atoms with Gasteiger partial charge in [0.05, 0.1) is 11.8 Å². The van der Waals surface area contributed by atoms with Gasteiger partial charge in [-0.1, -0.05) is 0 Å². The first kappa shape index (κ1) is 18.2. The summed E-state index contributed by atoms with van der Waals surface area (Å²) in [6.45, 7) is 1.90. The van der Waals surface area contributed by atoms with Gasteiger partial charge in [0.1, 0.15) is 29.7 Å². The Morgan fingerprint density at radius 2 is 1.88 bits per heavy atom.